The summed E-state index contributed by atoms with van der Waals surface area (Å²) in [7, 11) is 0. The van der Waals surface area contributed by atoms with Gasteiger partial charge in [0.05, 0.1) is 12.7 Å². The maximum Gasteiger partial charge on any atom is 0.271 e. The number of H-pyrrole nitrogens is 1. The van der Waals surface area contributed by atoms with E-state index in [2.05, 4.69) is 10.2 Å². The highest BCUT2D eigenvalue weighted by atomic mass is 19.1. The molecule has 0 aliphatic carbocycles. The minimum Gasteiger partial charge on any atom is -0.396 e. The molecule has 0 spiro atoms. The molecule has 1 aromatic carbocycles. The van der Waals surface area contributed by atoms with Crippen LogP contribution in [0.2, 0.25) is 0 Å². The Labute approximate surface area is 144 Å². The number of anilines is 1. The minimum absolute atomic E-state index is 0.180. The van der Waals surface area contributed by atoms with Gasteiger partial charge in [0, 0.05) is 24.6 Å². The van der Waals surface area contributed by atoms with Crippen LogP contribution >= 0.6 is 0 Å². The number of benzene rings is 1. The number of nitrogens with zero attached hydrogens (tertiary/aromatic N) is 2. The molecular weight excluding hydrogens is 327 g/mol. The van der Waals surface area contributed by atoms with E-state index in [1.165, 1.54) is 18.2 Å². The second kappa shape index (κ2) is 6.81. The molecule has 7 nitrogen and oxygen atoms in total. The van der Waals surface area contributed by atoms with Crippen LogP contribution in [0.15, 0.2) is 30.3 Å². The van der Waals surface area contributed by atoms with E-state index in [1.807, 2.05) is 0 Å². The smallest absolute Gasteiger partial charge is 0.271 e. The van der Waals surface area contributed by atoms with E-state index in [9.17, 15) is 19.4 Å². The van der Waals surface area contributed by atoms with E-state index >= 15 is 0 Å². The van der Waals surface area contributed by atoms with Gasteiger partial charge in [-0.3, -0.25) is 9.89 Å². The van der Waals surface area contributed by atoms with E-state index in [0.29, 0.717) is 19.4 Å². The summed E-state index contributed by atoms with van der Waals surface area (Å²) in [6, 6.07) is 7.37. The Bertz CT molecular complexity index is 749. The number of hydrogen-bond donors (Lipinski definition) is 4. The third-order valence-electron chi connectivity index (χ3n) is 4.78. The summed E-state index contributed by atoms with van der Waals surface area (Å²) in [5.74, 6) is -0.409. The molecule has 1 aliphatic heterocycles. The number of nitrogens with two attached hydrogens (primary N) is 1. The second-order valence-electron chi connectivity index (χ2n) is 6.56. The van der Waals surface area contributed by atoms with Gasteiger partial charge in [0.2, 0.25) is 0 Å². The fourth-order valence-electron chi connectivity index (χ4n) is 3.33. The molecule has 0 unspecified atom stereocenters. The third kappa shape index (κ3) is 3.49. The Balaban J connectivity index is 1.81. The molecule has 1 amide bonds. The number of carbonyl (C=O) groups is 1. The summed E-state index contributed by atoms with van der Waals surface area (Å²) in [4.78, 5) is 14.2. The highest BCUT2D eigenvalue weighted by molar-refractivity contribution is 5.93. The van der Waals surface area contributed by atoms with Gasteiger partial charge >= 0.3 is 0 Å². The SMILES string of the molecule is Nc1cc(C(=O)N2CC[C@H](O)[C@@](CO)(Cc3ccc(F)cc3)C2)[nH]n1. The van der Waals surface area contributed by atoms with Crippen LogP contribution in [0.1, 0.15) is 22.5 Å². The predicted octanol–water partition coefficient (Wildman–Crippen LogP) is 0.559. The number of aromatic amines is 1. The summed E-state index contributed by atoms with van der Waals surface area (Å²) in [5, 5.41) is 26.8. The van der Waals surface area contributed by atoms with Crippen molar-refractivity contribution in [2.75, 3.05) is 25.4 Å². The van der Waals surface area contributed by atoms with E-state index in [0.717, 1.165) is 5.56 Å². The molecule has 1 aromatic heterocycles. The molecule has 3 rings (SSSR count). The van der Waals surface area contributed by atoms with Crippen molar-refractivity contribution in [2.45, 2.75) is 18.9 Å². The van der Waals surface area contributed by atoms with Crippen molar-refractivity contribution in [1.29, 1.82) is 0 Å². The number of aliphatic hydroxyl groups is 2. The van der Waals surface area contributed by atoms with Crippen LogP contribution in [-0.4, -0.2) is 57.0 Å². The van der Waals surface area contributed by atoms with E-state index < -0.39 is 11.5 Å². The number of rotatable bonds is 4. The van der Waals surface area contributed by atoms with Crippen LogP contribution in [0.4, 0.5) is 10.2 Å². The molecule has 2 aromatic rings. The predicted molar refractivity (Wildman–Crippen MR) is 89.2 cm³/mol. The summed E-state index contributed by atoms with van der Waals surface area (Å²) in [6.07, 6.45) is -0.0878. The average molecular weight is 348 g/mol. The van der Waals surface area contributed by atoms with Gasteiger partial charge in [0.1, 0.15) is 17.3 Å². The maximum atomic E-state index is 13.1. The van der Waals surface area contributed by atoms with Crippen LogP contribution in [0.25, 0.3) is 0 Å². The molecule has 1 saturated heterocycles. The Hall–Kier alpha value is -2.45. The molecule has 25 heavy (non-hydrogen) atoms. The molecular formula is C17H21FN4O3. The first-order valence-corrected chi connectivity index (χ1v) is 8.07. The number of amides is 1. The summed E-state index contributed by atoms with van der Waals surface area (Å²) < 4.78 is 13.1. The Morgan fingerprint density at radius 3 is 2.76 bits per heavy atom. The van der Waals surface area contributed by atoms with Gasteiger partial charge in [-0.05, 0) is 30.5 Å². The summed E-state index contributed by atoms with van der Waals surface area (Å²) >= 11 is 0. The van der Waals surface area contributed by atoms with Gasteiger partial charge in [-0.2, -0.15) is 5.10 Å². The standard InChI is InChI=1S/C17H21FN4O3/c18-12-3-1-11(2-4-12)8-17(10-23)9-22(6-5-14(17)24)16(25)13-7-15(19)21-20-13/h1-4,7,14,23-24H,5-6,8-10H2,(H3,19,20,21)/t14-,17-/m0/s1. The van der Waals surface area contributed by atoms with Crippen LogP contribution < -0.4 is 5.73 Å². The van der Waals surface area contributed by atoms with E-state index in [-0.39, 0.29) is 36.4 Å². The lowest BCUT2D eigenvalue weighted by Gasteiger charge is -2.45. The molecule has 1 fully saturated rings. The number of piperidine rings is 1. The number of likely N-dealkylation sites (tertiary alicyclic amines) is 1. The zero-order chi connectivity index (χ0) is 18.0. The van der Waals surface area contributed by atoms with E-state index in [4.69, 9.17) is 5.73 Å². The van der Waals surface area contributed by atoms with Crippen molar-refractivity contribution in [3.63, 3.8) is 0 Å². The molecule has 2 atom stereocenters. The normalized spacial score (nSPS) is 23.6. The molecule has 8 heteroatoms. The van der Waals surface area contributed by atoms with Gasteiger partial charge < -0.3 is 20.8 Å². The van der Waals surface area contributed by atoms with Gasteiger partial charge in [0.15, 0.2) is 0 Å². The molecule has 2 heterocycles. The quantitative estimate of drug-likeness (QED) is 0.644. The molecule has 5 N–H and O–H groups in total. The van der Waals surface area contributed by atoms with Gasteiger partial charge in [-0.15, -0.1) is 0 Å². The summed E-state index contributed by atoms with van der Waals surface area (Å²) in [6.45, 7) is 0.254. The largest absolute Gasteiger partial charge is 0.396 e. The highest BCUT2D eigenvalue weighted by Gasteiger charge is 2.44. The fraction of sp³-hybridized carbons (Fsp3) is 0.412. The number of aliphatic hydroxyl groups excluding tert-OH is 2. The molecule has 0 bridgehead atoms. The van der Waals surface area contributed by atoms with Crippen LogP contribution in [0, 0.1) is 11.2 Å². The molecule has 0 radical (unpaired) electrons. The van der Waals surface area contributed by atoms with Crippen molar-refractivity contribution < 1.29 is 19.4 Å². The lowest BCUT2D eigenvalue weighted by atomic mass is 9.73. The zero-order valence-corrected chi connectivity index (χ0v) is 13.7. The van der Waals surface area contributed by atoms with Crippen molar-refractivity contribution >= 4 is 11.7 Å². The number of nitrogens with one attached hydrogen (secondary N) is 1. The van der Waals surface area contributed by atoms with Crippen LogP contribution in [-0.2, 0) is 6.42 Å². The second-order valence-corrected chi connectivity index (χ2v) is 6.56. The molecule has 134 valence electrons. The van der Waals surface area contributed by atoms with Crippen molar-refractivity contribution in [3.05, 3.63) is 47.4 Å². The summed E-state index contributed by atoms with van der Waals surface area (Å²) in [5.41, 5.74) is 5.69. The van der Waals surface area contributed by atoms with Gasteiger partial charge in [-0.25, -0.2) is 4.39 Å². The van der Waals surface area contributed by atoms with Crippen LogP contribution in [0.3, 0.4) is 0 Å². The van der Waals surface area contributed by atoms with E-state index in [1.54, 1.807) is 17.0 Å². The fourth-order valence-corrected chi connectivity index (χ4v) is 3.33. The average Bonchev–Trinajstić information content (AvgIpc) is 3.05. The number of carbonyl (C=O) groups excluding carboxylic acids is 1. The Morgan fingerprint density at radius 1 is 1.44 bits per heavy atom. The lowest BCUT2D eigenvalue weighted by molar-refractivity contribution is -0.0669. The van der Waals surface area contributed by atoms with Gasteiger partial charge in [-0.1, -0.05) is 12.1 Å². The first-order valence-electron chi connectivity index (χ1n) is 8.07. The first-order chi connectivity index (χ1) is 11.9. The number of nitrogen functional groups attached to an aromatic ring is 1. The maximum absolute atomic E-state index is 13.1. The number of hydrogen-bond acceptors (Lipinski definition) is 5. The monoisotopic (exact) mass is 348 g/mol. The first kappa shape index (κ1) is 17.4. The molecule has 1 aliphatic rings. The topological polar surface area (TPSA) is 115 Å². The van der Waals surface area contributed by atoms with Gasteiger partial charge in [0.25, 0.3) is 5.91 Å². The van der Waals surface area contributed by atoms with Crippen molar-refractivity contribution in [1.82, 2.24) is 15.1 Å². The van der Waals surface area contributed by atoms with Crippen LogP contribution in [0.5, 0.6) is 0 Å². The lowest BCUT2D eigenvalue weighted by Crippen LogP contribution is -2.56. The zero-order valence-electron chi connectivity index (χ0n) is 13.7. The Kier molecular flexibility index (Phi) is 4.73. The third-order valence-corrected chi connectivity index (χ3v) is 4.78. The minimum atomic E-state index is -0.905. The van der Waals surface area contributed by atoms with Crippen molar-refractivity contribution in [2.24, 2.45) is 5.41 Å². The number of halogens is 1. The highest BCUT2D eigenvalue weighted by Crippen LogP contribution is 2.34. The molecule has 0 saturated carbocycles. The number of aromatic nitrogens is 2. The Morgan fingerprint density at radius 2 is 2.16 bits per heavy atom. The van der Waals surface area contributed by atoms with Crippen molar-refractivity contribution in [3.8, 4) is 0 Å².